The highest BCUT2D eigenvalue weighted by Gasteiger charge is 2.50. The van der Waals surface area contributed by atoms with Crippen LogP contribution in [-0.2, 0) is 15.8 Å². The van der Waals surface area contributed by atoms with Crippen LogP contribution >= 0.6 is 0 Å². The highest BCUT2D eigenvalue weighted by atomic mass is 19.3. The van der Waals surface area contributed by atoms with Crippen molar-refractivity contribution in [2.45, 2.75) is 55.8 Å². The van der Waals surface area contributed by atoms with Crippen LogP contribution in [-0.4, -0.2) is 50.7 Å². The molecule has 46 heavy (non-hydrogen) atoms. The lowest BCUT2D eigenvalue weighted by atomic mass is 9.81. The fourth-order valence-electron chi connectivity index (χ4n) is 6.20. The normalized spacial score (nSPS) is 22.3. The molecule has 2 saturated carbocycles. The number of carbonyl (C=O) groups excluding carboxylic acids is 2. The van der Waals surface area contributed by atoms with Gasteiger partial charge in [-0.25, -0.2) is 14.4 Å². The zero-order valence-electron chi connectivity index (χ0n) is 24.5. The molecule has 0 bridgehead atoms. The Morgan fingerprint density at radius 2 is 1.87 bits per heavy atom. The number of imidazole rings is 1. The number of carbonyl (C=O) groups is 2. The minimum atomic E-state index is -3.84. The molecular weight excluding hydrogens is 607 g/mol. The Balaban J connectivity index is 1.16. The minimum Gasteiger partial charge on any atom is -0.489 e. The molecular formula is C32H28F3N5O6. The molecule has 0 radical (unpaired) electrons. The van der Waals surface area contributed by atoms with Crippen LogP contribution in [0.3, 0.4) is 0 Å². The van der Waals surface area contributed by atoms with Crippen molar-refractivity contribution in [1.82, 2.24) is 19.7 Å². The maximum Gasteiger partial charge on any atom is 0.586 e. The molecule has 4 N–H and O–H groups in total. The number of rotatable bonds is 8. The lowest BCUT2D eigenvalue weighted by molar-refractivity contribution is -0.286. The van der Waals surface area contributed by atoms with Gasteiger partial charge in [-0.2, -0.15) is 0 Å². The number of nitrogens with zero attached hydrogens (tertiary/aromatic N) is 3. The summed E-state index contributed by atoms with van der Waals surface area (Å²) in [5, 5.41) is 14.9. The number of hydrogen-bond acceptors (Lipinski definition) is 8. The summed E-state index contributed by atoms with van der Waals surface area (Å²) in [5.41, 5.74) is 4.65. The predicted molar refractivity (Wildman–Crippen MR) is 154 cm³/mol. The first-order valence-corrected chi connectivity index (χ1v) is 14.9. The summed E-state index contributed by atoms with van der Waals surface area (Å²) in [6.07, 6.45) is 2.62. The molecule has 0 saturated heterocycles. The zero-order chi connectivity index (χ0) is 32.2. The Kier molecular flexibility index (Phi) is 5.96. The van der Waals surface area contributed by atoms with E-state index in [1.54, 1.807) is 19.2 Å². The molecule has 1 aromatic carbocycles. The summed E-state index contributed by atoms with van der Waals surface area (Å²) in [7, 11) is 0. The van der Waals surface area contributed by atoms with Gasteiger partial charge >= 0.3 is 6.29 Å². The van der Waals surface area contributed by atoms with E-state index in [0.29, 0.717) is 29.9 Å². The molecule has 2 aliphatic heterocycles. The molecule has 14 heteroatoms. The summed E-state index contributed by atoms with van der Waals surface area (Å²) >= 11 is 0. The second-order valence-corrected chi connectivity index (χ2v) is 12.7. The van der Waals surface area contributed by atoms with Gasteiger partial charge in [-0.3, -0.25) is 9.59 Å². The number of amides is 2. The number of nitrogens with one attached hydrogen (secondary N) is 1. The van der Waals surface area contributed by atoms with E-state index in [-0.39, 0.29) is 58.9 Å². The van der Waals surface area contributed by atoms with Gasteiger partial charge < -0.3 is 34.8 Å². The fraction of sp³-hybridized carbons (Fsp3) is 0.375. The number of alkyl halides is 2. The summed E-state index contributed by atoms with van der Waals surface area (Å²) in [5.74, 6) is -2.14. The Bertz CT molecular complexity index is 1980. The van der Waals surface area contributed by atoms with E-state index < -0.39 is 34.9 Å². The van der Waals surface area contributed by atoms with Gasteiger partial charge in [-0.15, -0.1) is 8.78 Å². The number of benzene rings is 1. The molecule has 8 rings (SSSR count). The molecule has 2 fully saturated rings. The monoisotopic (exact) mass is 635 g/mol. The third-order valence-corrected chi connectivity index (χ3v) is 9.29. The highest BCUT2D eigenvalue weighted by Crippen LogP contribution is 2.51. The van der Waals surface area contributed by atoms with Gasteiger partial charge in [-0.1, -0.05) is 0 Å². The summed E-state index contributed by atoms with van der Waals surface area (Å²) < 4.78 is 59.0. The average Bonchev–Trinajstić information content (AvgIpc) is 3.94. The topological polar surface area (TPSA) is 150 Å². The Hall–Kier alpha value is -4.85. The number of pyridine rings is 2. The fourth-order valence-corrected chi connectivity index (χ4v) is 6.20. The SMILES string of the molecule is C[C@]1(C(N)=O)COc2c1cc(C(O)(CNC(=O)c1cc(F)c3nc(C4CC4)cn3c1)C1CC1)nc2-c1ccc2c(c1)OC(F)(F)O2. The van der Waals surface area contributed by atoms with Gasteiger partial charge in [0.1, 0.15) is 29.1 Å². The molecule has 2 amide bonds. The number of hydrogen-bond donors (Lipinski definition) is 3. The van der Waals surface area contributed by atoms with E-state index in [9.17, 15) is 27.9 Å². The van der Waals surface area contributed by atoms with Crippen LogP contribution in [0.15, 0.2) is 42.7 Å². The lowest BCUT2D eigenvalue weighted by Crippen LogP contribution is -2.44. The molecule has 2 aliphatic carbocycles. The van der Waals surface area contributed by atoms with Crippen molar-refractivity contribution < 1.29 is 42.1 Å². The Morgan fingerprint density at radius 3 is 2.59 bits per heavy atom. The van der Waals surface area contributed by atoms with Crippen molar-refractivity contribution in [3.63, 3.8) is 0 Å². The van der Waals surface area contributed by atoms with Crippen molar-refractivity contribution in [3.05, 3.63) is 71.1 Å². The van der Waals surface area contributed by atoms with Crippen molar-refractivity contribution in [3.8, 4) is 28.5 Å². The summed E-state index contributed by atoms with van der Waals surface area (Å²) in [6.45, 7) is 1.20. The number of halogens is 3. The molecule has 2 atom stereocenters. The summed E-state index contributed by atoms with van der Waals surface area (Å²) in [4.78, 5) is 35.1. The molecule has 4 aromatic rings. The van der Waals surface area contributed by atoms with Crippen LogP contribution in [0.1, 0.15) is 65.8 Å². The largest absolute Gasteiger partial charge is 0.586 e. The molecule has 4 aliphatic rings. The quantitative estimate of drug-likeness (QED) is 0.264. The van der Waals surface area contributed by atoms with E-state index in [1.165, 1.54) is 28.8 Å². The standard InChI is InChI=1S/C32H28F3N5O6/c1-30(29(36)42)14-44-26-19(30)10-24(39-25(26)16-4-7-22-23(9-16)46-32(34,35)45-22)31(43,18-5-6-18)13-37-28(41)17-8-20(33)27-38-21(15-2-3-15)12-40(27)11-17/h4,7-12,15,18,43H,2-3,5-6,13-14H2,1H3,(H2,36,42)(H,37,41)/t30-,31?/m0/s1. The first kappa shape index (κ1) is 28.6. The Morgan fingerprint density at radius 1 is 1.11 bits per heavy atom. The first-order chi connectivity index (χ1) is 21.8. The van der Waals surface area contributed by atoms with E-state index in [4.69, 9.17) is 15.5 Å². The number of ether oxygens (including phenoxy) is 3. The minimum absolute atomic E-state index is 0.0392. The predicted octanol–water partition coefficient (Wildman–Crippen LogP) is 3.90. The molecule has 11 nitrogen and oxygen atoms in total. The first-order valence-electron chi connectivity index (χ1n) is 14.9. The van der Waals surface area contributed by atoms with Crippen LogP contribution in [0.4, 0.5) is 13.2 Å². The van der Waals surface area contributed by atoms with E-state index in [0.717, 1.165) is 24.6 Å². The molecule has 3 aromatic heterocycles. The number of aromatic nitrogens is 3. The second kappa shape index (κ2) is 9.58. The van der Waals surface area contributed by atoms with E-state index in [2.05, 4.69) is 19.8 Å². The van der Waals surface area contributed by atoms with Gasteiger partial charge in [0.15, 0.2) is 23.0 Å². The van der Waals surface area contributed by atoms with Gasteiger partial charge in [0.05, 0.1) is 23.5 Å². The molecule has 5 heterocycles. The number of fused-ring (bicyclic) bond motifs is 3. The van der Waals surface area contributed by atoms with Crippen LogP contribution in [0, 0.1) is 11.7 Å². The van der Waals surface area contributed by atoms with Crippen molar-refractivity contribution in [2.24, 2.45) is 11.7 Å². The zero-order valence-corrected chi connectivity index (χ0v) is 24.5. The van der Waals surface area contributed by atoms with Crippen molar-refractivity contribution in [1.29, 1.82) is 0 Å². The summed E-state index contributed by atoms with van der Waals surface area (Å²) in [6, 6.07) is 6.73. The molecule has 238 valence electrons. The van der Waals surface area contributed by atoms with Crippen molar-refractivity contribution >= 4 is 17.5 Å². The van der Waals surface area contributed by atoms with Gasteiger partial charge in [-0.05, 0) is 68.9 Å². The number of primary amides is 1. The second-order valence-electron chi connectivity index (χ2n) is 12.7. The van der Waals surface area contributed by atoms with Crippen LogP contribution in [0.5, 0.6) is 17.2 Å². The third-order valence-electron chi connectivity index (χ3n) is 9.29. The number of aliphatic hydroxyl groups is 1. The Labute approximate surface area is 259 Å². The maximum atomic E-state index is 14.9. The average molecular weight is 636 g/mol. The van der Waals surface area contributed by atoms with E-state index in [1.807, 2.05) is 0 Å². The van der Waals surface area contributed by atoms with Crippen molar-refractivity contribution in [2.75, 3.05) is 13.2 Å². The van der Waals surface area contributed by atoms with Crippen LogP contribution in [0.2, 0.25) is 0 Å². The number of nitrogens with two attached hydrogens (primary N) is 1. The van der Waals surface area contributed by atoms with Gasteiger partial charge in [0.25, 0.3) is 5.91 Å². The van der Waals surface area contributed by atoms with Crippen LogP contribution < -0.4 is 25.3 Å². The van der Waals surface area contributed by atoms with Gasteiger partial charge in [0, 0.05) is 29.4 Å². The maximum absolute atomic E-state index is 14.9. The smallest absolute Gasteiger partial charge is 0.489 e. The third kappa shape index (κ3) is 4.53. The molecule has 1 unspecified atom stereocenters. The highest BCUT2D eigenvalue weighted by molar-refractivity contribution is 5.94. The van der Waals surface area contributed by atoms with Gasteiger partial charge in [0.2, 0.25) is 5.91 Å². The lowest BCUT2D eigenvalue weighted by Gasteiger charge is -2.30. The molecule has 0 spiro atoms. The van der Waals surface area contributed by atoms with E-state index >= 15 is 0 Å². The van der Waals surface area contributed by atoms with Crippen LogP contribution in [0.25, 0.3) is 16.9 Å².